The number of anilines is 1. The second-order valence-corrected chi connectivity index (χ2v) is 6.96. The maximum Gasteiger partial charge on any atom is 0.251 e. The molecule has 3 N–H and O–H groups in total. The number of nitrogens with one attached hydrogen (secondary N) is 3. The zero-order chi connectivity index (χ0) is 17.4. The molecule has 2 atom stereocenters. The van der Waals surface area contributed by atoms with E-state index in [1.807, 2.05) is 18.2 Å². The molecule has 1 aliphatic heterocycles. The first kappa shape index (κ1) is 15.9. The molecule has 2 aromatic rings. The number of carbonyl (C=O) groups excluding carboxylic acids is 1. The molecule has 128 valence electrons. The van der Waals surface area contributed by atoms with Gasteiger partial charge in [-0.1, -0.05) is 55.0 Å². The molecule has 0 spiro atoms. The lowest BCUT2D eigenvalue weighted by atomic mass is 9.84. The maximum absolute atomic E-state index is 12.8. The summed E-state index contributed by atoms with van der Waals surface area (Å²) >= 11 is 0. The molecular formula is C21H23N3O. The molecule has 0 saturated carbocycles. The summed E-state index contributed by atoms with van der Waals surface area (Å²) in [4.78, 5) is 12.8. The van der Waals surface area contributed by atoms with Gasteiger partial charge in [0, 0.05) is 12.1 Å². The summed E-state index contributed by atoms with van der Waals surface area (Å²) < 4.78 is 0. The number of hydrazine groups is 1. The van der Waals surface area contributed by atoms with Crippen molar-refractivity contribution in [1.29, 1.82) is 0 Å². The maximum atomic E-state index is 12.8. The monoisotopic (exact) mass is 333 g/mol. The van der Waals surface area contributed by atoms with Crippen LogP contribution in [-0.2, 0) is 4.79 Å². The predicted molar refractivity (Wildman–Crippen MR) is 101 cm³/mol. The van der Waals surface area contributed by atoms with E-state index >= 15 is 0 Å². The molecule has 4 rings (SSSR count). The van der Waals surface area contributed by atoms with Gasteiger partial charge in [-0.3, -0.25) is 4.79 Å². The van der Waals surface area contributed by atoms with Gasteiger partial charge in [0.2, 0.25) is 0 Å². The minimum atomic E-state index is 0.00209. The summed E-state index contributed by atoms with van der Waals surface area (Å²) in [7, 11) is 0. The van der Waals surface area contributed by atoms with Crippen molar-refractivity contribution >= 4 is 17.2 Å². The Morgan fingerprint density at radius 2 is 2.04 bits per heavy atom. The standard InChI is InChI=1S/C21H23N3O/c1-13-7-10-19-18(11-13)20(24-23-19)12-22-21(25)17-9-8-14(2)15-5-3-4-6-16(15)17/h3-7,9-11,14,20,23-24H,8,12H2,1-2H3,(H,22,25). The Bertz CT molecular complexity index is 856. The van der Waals surface area contributed by atoms with Crippen LogP contribution in [0.1, 0.15) is 47.6 Å². The summed E-state index contributed by atoms with van der Waals surface area (Å²) in [5.74, 6) is 0.463. The fourth-order valence-electron chi connectivity index (χ4n) is 3.70. The molecule has 25 heavy (non-hydrogen) atoms. The van der Waals surface area contributed by atoms with Crippen molar-refractivity contribution in [1.82, 2.24) is 10.7 Å². The Hall–Kier alpha value is -2.59. The molecule has 1 amide bonds. The molecule has 4 heteroatoms. The fraction of sp³-hybridized carbons (Fsp3) is 0.286. The molecule has 4 nitrogen and oxygen atoms in total. The molecular weight excluding hydrogens is 310 g/mol. The predicted octanol–water partition coefficient (Wildman–Crippen LogP) is 3.67. The van der Waals surface area contributed by atoms with E-state index in [2.05, 4.69) is 60.4 Å². The summed E-state index contributed by atoms with van der Waals surface area (Å²) in [5.41, 5.74) is 13.1. The number of hydrogen-bond donors (Lipinski definition) is 3. The van der Waals surface area contributed by atoms with E-state index in [9.17, 15) is 4.79 Å². The number of amides is 1. The summed E-state index contributed by atoms with van der Waals surface area (Å²) in [6.07, 6.45) is 2.98. The van der Waals surface area contributed by atoms with Crippen LogP contribution in [0.15, 0.2) is 48.5 Å². The number of aryl methyl sites for hydroxylation is 1. The smallest absolute Gasteiger partial charge is 0.251 e. The third-order valence-electron chi connectivity index (χ3n) is 5.13. The van der Waals surface area contributed by atoms with Crippen LogP contribution in [0.5, 0.6) is 0 Å². The first-order valence-corrected chi connectivity index (χ1v) is 8.83. The number of rotatable bonds is 3. The average Bonchev–Trinajstić information content (AvgIpc) is 3.02. The van der Waals surface area contributed by atoms with Gasteiger partial charge in [-0.25, -0.2) is 5.43 Å². The molecule has 1 aliphatic carbocycles. The zero-order valence-corrected chi connectivity index (χ0v) is 14.6. The zero-order valence-electron chi connectivity index (χ0n) is 14.6. The van der Waals surface area contributed by atoms with Crippen LogP contribution in [0.25, 0.3) is 5.57 Å². The highest BCUT2D eigenvalue weighted by Gasteiger charge is 2.25. The van der Waals surface area contributed by atoms with Gasteiger partial charge in [0.15, 0.2) is 0 Å². The molecule has 0 fully saturated rings. The third kappa shape index (κ3) is 2.94. The molecule has 0 radical (unpaired) electrons. The average molecular weight is 333 g/mol. The van der Waals surface area contributed by atoms with Gasteiger partial charge in [0.1, 0.15) is 0 Å². The van der Waals surface area contributed by atoms with E-state index in [1.165, 1.54) is 16.7 Å². The number of benzene rings is 2. The van der Waals surface area contributed by atoms with Crippen molar-refractivity contribution in [3.05, 3.63) is 70.8 Å². The van der Waals surface area contributed by atoms with Gasteiger partial charge < -0.3 is 10.7 Å². The van der Waals surface area contributed by atoms with Crippen molar-refractivity contribution in [2.45, 2.75) is 32.2 Å². The van der Waals surface area contributed by atoms with E-state index in [1.54, 1.807) is 0 Å². The lowest BCUT2D eigenvalue weighted by molar-refractivity contribution is -0.115. The quantitative estimate of drug-likeness (QED) is 0.803. The second kappa shape index (κ2) is 6.37. The summed E-state index contributed by atoms with van der Waals surface area (Å²) in [5, 5.41) is 3.10. The minimum absolute atomic E-state index is 0.00209. The Labute approximate surface area is 148 Å². The molecule has 0 bridgehead atoms. The Kier molecular flexibility index (Phi) is 4.06. The highest BCUT2D eigenvalue weighted by molar-refractivity contribution is 6.20. The second-order valence-electron chi connectivity index (χ2n) is 6.96. The van der Waals surface area contributed by atoms with Crippen LogP contribution in [0, 0.1) is 6.92 Å². The van der Waals surface area contributed by atoms with Crippen LogP contribution < -0.4 is 16.2 Å². The number of allylic oxidation sites excluding steroid dienone is 1. The van der Waals surface area contributed by atoms with Crippen molar-refractivity contribution in [3.63, 3.8) is 0 Å². The van der Waals surface area contributed by atoms with E-state index in [4.69, 9.17) is 0 Å². The van der Waals surface area contributed by atoms with Crippen LogP contribution >= 0.6 is 0 Å². The van der Waals surface area contributed by atoms with Gasteiger partial charge in [0.25, 0.3) is 5.91 Å². The third-order valence-corrected chi connectivity index (χ3v) is 5.13. The Morgan fingerprint density at radius 1 is 1.20 bits per heavy atom. The SMILES string of the molecule is Cc1ccc2c(c1)C(CNC(=O)C1=CCC(C)c3ccccc31)NN2. The fourth-order valence-corrected chi connectivity index (χ4v) is 3.70. The number of fused-ring (bicyclic) bond motifs is 2. The summed E-state index contributed by atoms with van der Waals surface area (Å²) in [6, 6.07) is 14.6. The van der Waals surface area contributed by atoms with Crippen LogP contribution in [0.2, 0.25) is 0 Å². The van der Waals surface area contributed by atoms with Crippen molar-refractivity contribution in [3.8, 4) is 0 Å². The van der Waals surface area contributed by atoms with Crippen LogP contribution in [0.4, 0.5) is 5.69 Å². The van der Waals surface area contributed by atoms with E-state index in [0.29, 0.717) is 12.5 Å². The topological polar surface area (TPSA) is 53.2 Å². The normalized spacial score (nSPS) is 21.0. The van der Waals surface area contributed by atoms with Gasteiger partial charge in [0.05, 0.1) is 11.7 Å². The minimum Gasteiger partial charge on any atom is -0.350 e. The lowest BCUT2D eigenvalue weighted by Gasteiger charge is -2.23. The van der Waals surface area contributed by atoms with Crippen molar-refractivity contribution in [2.75, 3.05) is 12.0 Å². The van der Waals surface area contributed by atoms with Gasteiger partial charge in [-0.05, 0) is 42.0 Å². The van der Waals surface area contributed by atoms with E-state index in [0.717, 1.165) is 23.2 Å². The highest BCUT2D eigenvalue weighted by atomic mass is 16.1. The van der Waals surface area contributed by atoms with Gasteiger partial charge >= 0.3 is 0 Å². The number of hydrogen-bond acceptors (Lipinski definition) is 3. The first-order chi connectivity index (χ1) is 12.1. The Balaban J connectivity index is 1.49. The molecule has 1 heterocycles. The van der Waals surface area contributed by atoms with Gasteiger partial charge in [-0.2, -0.15) is 0 Å². The molecule has 0 aromatic heterocycles. The lowest BCUT2D eigenvalue weighted by Crippen LogP contribution is -2.34. The summed E-state index contributed by atoms with van der Waals surface area (Å²) in [6.45, 7) is 4.84. The van der Waals surface area contributed by atoms with Crippen molar-refractivity contribution < 1.29 is 4.79 Å². The Morgan fingerprint density at radius 3 is 2.92 bits per heavy atom. The van der Waals surface area contributed by atoms with Crippen LogP contribution in [0.3, 0.4) is 0 Å². The molecule has 2 aliphatic rings. The van der Waals surface area contributed by atoms with Crippen LogP contribution in [-0.4, -0.2) is 12.5 Å². The molecule has 2 unspecified atom stereocenters. The van der Waals surface area contributed by atoms with E-state index in [-0.39, 0.29) is 11.9 Å². The molecule has 2 aromatic carbocycles. The first-order valence-electron chi connectivity index (χ1n) is 8.83. The molecule has 0 saturated heterocycles. The number of carbonyl (C=O) groups is 1. The van der Waals surface area contributed by atoms with Crippen molar-refractivity contribution in [2.24, 2.45) is 0 Å². The van der Waals surface area contributed by atoms with E-state index < -0.39 is 0 Å². The largest absolute Gasteiger partial charge is 0.350 e. The van der Waals surface area contributed by atoms with Gasteiger partial charge in [-0.15, -0.1) is 0 Å². The highest BCUT2D eigenvalue weighted by Crippen LogP contribution is 2.34.